The van der Waals surface area contributed by atoms with Gasteiger partial charge in [0.15, 0.2) is 0 Å². The molecule has 1 aromatic carbocycles. The maximum atomic E-state index is 10.6. The van der Waals surface area contributed by atoms with Crippen LogP contribution in [0.5, 0.6) is 0 Å². The van der Waals surface area contributed by atoms with E-state index in [0.29, 0.717) is 0 Å². The maximum Gasteiger partial charge on any atom is 0.105 e. The Kier molecular flexibility index (Phi) is 3.53. The topological polar surface area (TPSA) is 38.0 Å². The van der Waals surface area contributed by atoms with Crippen LogP contribution in [0.3, 0.4) is 0 Å². The van der Waals surface area contributed by atoms with Gasteiger partial charge in [-0.1, -0.05) is 44.2 Å². The van der Waals surface area contributed by atoms with Gasteiger partial charge in [0.25, 0.3) is 0 Å². The third-order valence-corrected chi connectivity index (χ3v) is 3.53. The quantitative estimate of drug-likeness (QED) is 0.898. The van der Waals surface area contributed by atoms with Gasteiger partial charge in [-0.15, -0.1) is 0 Å². The normalized spacial score (nSPS) is 13.6. The van der Waals surface area contributed by atoms with Crippen molar-refractivity contribution in [3.63, 3.8) is 0 Å². The molecule has 0 bridgehead atoms. The predicted molar refractivity (Wildman–Crippen MR) is 72.3 cm³/mol. The minimum absolute atomic E-state index is 0.339. The largest absolute Gasteiger partial charge is 0.386 e. The summed E-state index contributed by atoms with van der Waals surface area (Å²) in [6, 6.07) is 12.0. The Morgan fingerprint density at radius 3 is 2.50 bits per heavy atom. The molecule has 1 heterocycles. The SMILES string of the molecule is CCn1nccc1C(O)C(C)(C)c1ccccc1. The summed E-state index contributed by atoms with van der Waals surface area (Å²) in [6.07, 6.45) is 1.17. The summed E-state index contributed by atoms with van der Waals surface area (Å²) in [5.74, 6) is 0. The fraction of sp³-hybridized carbons (Fsp3) is 0.400. The number of hydrogen-bond donors (Lipinski definition) is 1. The van der Waals surface area contributed by atoms with Crippen molar-refractivity contribution in [1.29, 1.82) is 0 Å². The van der Waals surface area contributed by atoms with E-state index in [1.807, 2.05) is 35.9 Å². The van der Waals surface area contributed by atoms with Crippen molar-refractivity contribution in [2.75, 3.05) is 0 Å². The van der Waals surface area contributed by atoms with Gasteiger partial charge >= 0.3 is 0 Å². The molecule has 0 spiro atoms. The zero-order valence-corrected chi connectivity index (χ0v) is 11.2. The first-order chi connectivity index (χ1) is 8.57. The molecule has 3 nitrogen and oxygen atoms in total. The van der Waals surface area contributed by atoms with Gasteiger partial charge in [0.05, 0.1) is 5.69 Å². The number of aliphatic hydroxyl groups is 1. The average Bonchev–Trinajstić information content (AvgIpc) is 2.87. The highest BCUT2D eigenvalue weighted by Gasteiger charge is 2.32. The van der Waals surface area contributed by atoms with Crippen molar-refractivity contribution in [2.45, 2.75) is 38.8 Å². The van der Waals surface area contributed by atoms with Crippen molar-refractivity contribution in [3.8, 4) is 0 Å². The molecule has 1 aromatic heterocycles. The number of benzene rings is 1. The van der Waals surface area contributed by atoms with Crippen LogP contribution in [-0.4, -0.2) is 14.9 Å². The lowest BCUT2D eigenvalue weighted by molar-refractivity contribution is 0.0913. The van der Waals surface area contributed by atoms with Gasteiger partial charge in [0.2, 0.25) is 0 Å². The van der Waals surface area contributed by atoms with Crippen molar-refractivity contribution in [3.05, 3.63) is 53.9 Å². The zero-order valence-electron chi connectivity index (χ0n) is 11.2. The van der Waals surface area contributed by atoms with E-state index in [-0.39, 0.29) is 5.41 Å². The van der Waals surface area contributed by atoms with Crippen LogP contribution < -0.4 is 0 Å². The highest BCUT2D eigenvalue weighted by molar-refractivity contribution is 5.27. The predicted octanol–water partition coefficient (Wildman–Crippen LogP) is 2.91. The number of hydrogen-bond acceptors (Lipinski definition) is 2. The lowest BCUT2D eigenvalue weighted by Gasteiger charge is -2.31. The molecule has 1 N–H and O–H groups in total. The second-order valence-corrected chi connectivity index (χ2v) is 5.06. The van der Waals surface area contributed by atoms with Crippen LogP contribution >= 0.6 is 0 Å². The van der Waals surface area contributed by atoms with E-state index >= 15 is 0 Å². The van der Waals surface area contributed by atoms with E-state index in [9.17, 15) is 5.11 Å². The Labute approximate surface area is 108 Å². The van der Waals surface area contributed by atoms with Crippen LogP contribution in [-0.2, 0) is 12.0 Å². The van der Waals surface area contributed by atoms with Gasteiger partial charge in [-0.05, 0) is 18.6 Å². The maximum absolute atomic E-state index is 10.6. The first-order valence-corrected chi connectivity index (χ1v) is 6.32. The third kappa shape index (κ3) is 2.18. The molecule has 0 aliphatic heterocycles. The summed E-state index contributed by atoms with van der Waals surface area (Å²) in [7, 11) is 0. The van der Waals surface area contributed by atoms with E-state index in [0.717, 1.165) is 17.8 Å². The number of aliphatic hydroxyl groups excluding tert-OH is 1. The van der Waals surface area contributed by atoms with Crippen LogP contribution in [0.4, 0.5) is 0 Å². The highest BCUT2D eigenvalue weighted by Crippen LogP contribution is 2.36. The number of aryl methyl sites for hydroxylation is 1. The lowest BCUT2D eigenvalue weighted by Crippen LogP contribution is -2.28. The van der Waals surface area contributed by atoms with Gasteiger partial charge in [-0.25, -0.2) is 0 Å². The molecule has 18 heavy (non-hydrogen) atoms. The number of nitrogens with zero attached hydrogens (tertiary/aromatic N) is 2. The van der Waals surface area contributed by atoms with Crippen LogP contribution in [0.2, 0.25) is 0 Å². The Hall–Kier alpha value is -1.61. The zero-order chi connectivity index (χ0) is 13.2. The van der Waals surface area contributed by atoms with Crippen molar-refractivity contribution in [2.24, 2.45) is 0 Å². The van der Waals surface area contributed by atoms with Crippen molar-refractivity contribution >= 4 is 0 Å². The molecular formula is C15H20N2O. The highest BCUT2D eigenvalue weighted by atomic mass is 16.3. The average molecular weight is 244 g/mol. The number of aromatic nitrogens is 2. The van der Waals surface area contributed by atoms with E-state index in [4.69, 9.17) is 0 Å². The first kappa shape index (κ1) is 12.8. The summed E-state index contributed by atoms with van der Waals surface area (Å²) in [4.78, 5) is 0. The van der Waals surface area contributed by atoms with E-state index in [1.54, 1.807) is 6.20 Å². The van der Waals surface area contributed by atoms with Gasteiger partial charge < -0.3 is 5.11 Å². The fourth-order valence-electron chi connectivity index (χ4n) is 2.23. The van der Waals surface area contributed by atoms with E-state index in [2.05, 4.69) is 31.1 Å². The molecule has 1 unspecified atom stereocenters. The monoisotopic (exact) mass is 244 g/mol. The Bertz CT molecular complexity index is 502. The minimum atomic E-state index is -0.567. The summed E-state index contributed by atoms with van der Waals surface area (Å²) < 4.78 is 1.84. The second kappa shape index (κ2) is 4.94. The molecule has 0 aliphatic carbocycles. The summed E-state index contributed by atoms with van der Waals surface area (Å²) >= 11 is 0. The fourth-order valence-corrected chi connectivity index (χ4v) is 2.23. The summed E-state index contributed by atoms with van der Waals surface area (Å²) in [6.45, 7) is 6.91. The molecule has 1 atom stereocenters. The van der Waals surface area contributed by atoms with E-state index in [1.165, 1.54) is 0 Å². The van der Waals surface area contributed by atoms with Gasteiger partial charge in [-0.2, -0.15) is 5.10 Å². The van der Waals surface area contributed by atoms with Crippen LogP contribution in [0.25, 0.3) is 0 Å². The van der Waals surface area contributed by atoms with Gasteiger partial charge in [-0.3, -0.25) is 4.68 Å². The molecule has 0 aliphatic rings. The smallest absolute Gasteiger partial charge is 0.105 e. The Balaban J connectivity index is 2.36. The molecule has 2 aromatic rings. The third-order valence-electron chi connectivity index (χ3n) is 3.53. The molecule has 0 amide bonds. The van der Waals surface area contributed by atoms with Crippen molar-refractivity contribution < 1.29 is 5.11 Å². The molecule has 2 rings (SSSR count). The Morgan fingerprint density at radius 2 is 1.89 bits per heavy atom. The molecule has 0 radical (unpaired) electrons. The second-order valence-electron chi connectivity index (χ2n) is 5.06. The van der Waals surface area contributed by atoms with Crippen LogP contribution in [0, 0.1) is 0 Å². The molecule has 96 valence electrons. The molecule has 0 saturated heterocycles. The van der Waals surface area contributed by atoms with Gasteiger partial charge in [0, 0.05) is 18.2 Å². The molecular weight excluding hydrogens is 224 g/mol. The standard InChI is InChI=1S/C15H20N2O/c1-4-17-13(10-11-16-17)14(18)15(2,3)12-8-6-5-7-9-12/h5-11,14,18H,4H2,1-3H3. The molecule has 0 saturated carbocycles. The number of rotatable bonds is 4. The Morgan fingerprint density at radius 1 is 1.22 bits per heavy atom. The summed E-state index contributed by atoms with van der Waals surface area (Å²) in [5.41, 5.74) is 1.65. The lowest BCUT2D eigenvalue weighted by atomic mass is 9.78. The van der Waals surface area contributed by atoms with E-state index < -0.39 is 6.10 Å². The minimum Gasteiger partial charge on any atom is -0.386 e. The summed E-state index contributed by atoms with van der Waals surface area (Å²) in [5, 5.41) is 14.9. The van der Waals surface area contributed by atoms with Crippen LogP contribution in [0.1, 0.15) is 38.1 Å². The van der Waals surface area contributed by atoms with Crippen molar-refractivity contribution in [1.82, 2.24) is 9.78 Å². The molecule has 0 fully saturated rings. The van der Waals surface area contributed by atoms with Crippen LogP contribution in [0.15, 0.2) is 42.6 Å². The molecule has 3 heteroatoms. The first-order valence-electron chi connectivity index (χ1n) is 6.32. The van der Waals surface area contributed by atoms with Gasteiger partial charge in [0.1, 0.15) is 6.10 Å².